The Morgan fingerprint density at radius 3 is 1.51 bits per heavy atom. The Bertz CT molecular complexity index is 4290. The highest BCUT2D eigenvalue weighted by atomic mass is 16.3. The molecule has 0 N–H and O–H groups in total. The minimum Gasteiger partial charge on any atom is -0.456 e. The van der Waals surface area contributed by atoms with Crippen molar-refractivity contribution in [3.05, 3.63) is 255 Å². The molecule has 0 fully saturated rings. The van der Waals surface area contributed by atoms with E-state index in [-0.39, 0.29) is 0 Å². The van der Waals surface area contributed by atoms with E-state index >= 15 is 0 Å². The maximum atomic E-state index is 6.82. The maximum Gasteiger partial charge on any atom is 0.136 e. The van der Waals surface area contributed by atoms with Gasteiger partial charge >= 0.3 is 0 Å². The molecule has 0 unspecified atom stereocenters. The zero-order chi connectivity index (χ0) is 45.4. The summed E-state index contributed by atoms with van der Waals surface area (Å²) in [7, 11) is 0. The van der Waals surface area contributed by atoms with Gasteiger partial charge in [-0.1, -0.05) is 224 Å². The summed E-state index contributed by atoms with van der Waals surface area (Å²) in [4.78, 5) is 0. The molecule has 1 aromatic heterocycles. The first kappa shape index (κ1) is 39.2. The summed E-state index contributed by atoms with van der Waals surface area (Å²) in [5.41, 5.74) is 16.0. The van der Waals surface area contributed by atoms with Crippen molar-refractivity contribution in [3.63, 3.8) is 0 Å². The summed E-state index contributed by atoms with van der Waals surface area (Å²) in [5, 5.41) is 14.6. The second-order valence-corrected chi connectivity index (χ2v) is 18.3. The van der Waals surface area contributed by atoms with Crippen LogP contribution in [-0.2, 0) is 0 Å². The van der Waals surface area contributed by atoms with Gasteiger partial charge in [-0.05, 0) is 145 Å². The third-order valence-electron chi connectivity index (χ3n) is 14.5. The first-order chi connectivity index (χ1) is 34.2. The molecule has 0 bridgehead atoms. The Kier molecular flexibility index (Phi) is 8.97. The fourth-order valence-corrected chi connectivity index (χ4v) is 11.3. The lowest BCUT2D eigenvalue weighted by Crippen LogP contribution is -1.92. The van der Waals surface area contributed by atoms with Gasteiger partial charge < -0.3 is 4.42 Å². The van der Waals surface area contributed by atoms with Crippen molar-refractivity contribution in [3.8, 4) is 66.8 Å². The lowest BCUT2D eigenvalue weighted by Gasteiger charge is -2.19. The van der Waals surface area contributed by atoms with E-state index in [0.29, 0.717) is 0 Å². The van der Waals surface area contributed by atoms with Gasteiger partial charge in [0.1, 0.15) is 11.2 Å². The van der Waals surface area contributed by atoms with E-state index in [2.05, 4.69) is 255 Å². The van der Waals surface area contributed by atoms with Crippen molar-refractivity contribution in [2.75, 3.05) is 0 Å². The van der Waals surface area contributed by atoms with Crippen LogP contribution in [0.1, 0.15) is 0 Å². The summed E-state index contributed by atoms with van der Waals surface area (Å²) in [6, 6.07) is 93.3. The second-order valence-electron chi connectivity index (χ2n) is 18.3. The summed E-state index contributed by atoms with van der Waals surface area (Å²) in [5.74, 6) is 0. The van der Waals surface area contributed by atoms with Crippen molar-refractivity contribution < 1.29 is 4.42 Å². The number of rotatable bonds is 6. The normalized spacial score (nSPS) is 11.8. The molecule has 1 heteroatoms. The van der Waals surface area contributed by atoms with Gasteiger partial charge in [0.05, 0.1) is 0 Å². The molecule has 13 aromatic carbocycles. The third-order valence-corrected chi connectivity index (χ3v) is 14.5. The average molecular weight is 875 g/mol. The van der Waals surface area contributed by atoms with Crippen LogP contribution in [-0.4, -0.2) is 0 Å². The summed E-state index contributed by atoms with van der Waals surface area (Å²) >= 11 is 0. The molecule has 0 amide bonds. The molecule has 0 radical (unpaired) electrons. The predicted molar refractivity (Wildman–Crippen MR) is 294 cm³/mol. The highest BCUT2D eigenvalue weighted by Crippen LogP contribution is 2.49. The summed E-state index contributed by atoms with van der Waals surface area (Å²) in [6.07, 6.45) is 0. The largest absolute Gasteiger partial charge is 0.456 e. The van der Waals surface area contributed by atoms with Crippen LogP contribution in [0.25, 0.3) is 143 Å². The van der Waals surface area contributed by atoms with Crippen LogP contribution in [0.2, 0.25) is 0 Å². The fourth-order valence-electron chi connectivity index (χ4n) is 11.3. The molecule has 320 valence electrons. The highest BCUT2D eigenvalue weighted by Gasteiger charge is 2.23. The molecule has 0 saturated heterocycles. The zero-order valence-electron chi connectivity index (χ0n) is 37.7. The van der Waals surface area contributed by atoms with Gasteiger partial charge in [0, 0.05) is 16.3 Å². The Morgan fingerprint density at radius 2 is 0.754 bits per heavy atom. The van der Waals surface area contributed by atoms with E-state index in [0.717, 1.165) is 49.8 Å². The lowest BCUT2D eigenvalue weighted by molar-refractivity contribution is 0.669. The number of hydrogen-bond acceptors (Lipinski definition) is 1. The maximum absolute atomic E-state index is 6.82. The van der Waals surface area contributed by atoms with E-state index in [4.69, 9.17) is 4.42 Å². The van der Waals surface area contributed by atoms with Crippen LogP contribution in [0, 0.1) is 0 Å². The molecular weight excluding hydrogens is 833 g/mol. The van der Waals surface area contributed by atoms with Gasteiger partial charge in [0.2, 0.25) is 0 Å². The Hall–Kier alpha value is -9.04. The number of furan rings is 1. The summed E-state index contributed by atoms with van der Waals surface area (Å²) < 4.78 is 6.82. The van der Waals surface area contributed by atoms with Gasteiger partial charge in [-0.25, -0.2) is 0 Å². The van der Waals surface area contributed by atoms with Gasteiger partial charge in [0.25, 0.3) is 0 Å². The molecule has 1 heterocycles. The molecular formula is C68H42O. The standard InChI is InChI=1S/C68H42O/c1-3-17-44(18-4-1)61-41-49(33-35-52(61)48-31-30-43-16-7-8-22-47(43)40-48)53-37-39-64-68(66(53)46-20-5-2-6-21-46)62-42-50(34-38-63(62)69-64)65-57-24-11-13-26-59(57)67(60-27-14-12-25-58(60)65)56-29-15-28-54-51-23-10-9-19-45(51)32-36-55(54)56/h1-42H. The van der Waals surface area contributed by atoms with E-state index < -0.39 is 0 Å². The van der Waals surface area contributed by atoms with E-state index in [1.165, 1.54) is 92.8 Å². The van der Waals surface area contributed by atoms with E-state index in [1.54, 1.807) is 0 Å². The monoisotopic (exact) mass is 874 g/mol. The number of fused-ring (bicyclic) bond motifs is 9. The van der Waals surface area contributed by atoms with Gasteiger partial charge in [0.15, 0.2) is 0 Å². The molecule has 14 aromatic rings. The van der Waals surface area contributed by atoms with E-state index in [1.807, 2.05) is 0 Å². The Morgan fingerprint density at radius 1 is 0.203 bits per heavy atom. The number of hydrogen-bond donors (Lipinski definition) is 0. The first-order valence-corrected chi connectivity index (χ1v) is 23.8. The van der Waals surface area contributed by atoms with Crippen molar-refractivity contribution in [2.24, 2.45) is 0 Å². The average Bonchev–Trinajstić information content (AvgIpc) is 3.80. The SMILES string of the molecule is c1ccc(-c2cc(-c3ccc4oc5ccc(-c6c7ccccc7c(-c7cccc8c7ccc7ccccc78)c7ccccc67)cc5c4c3-c3ccccc3)ccc2-c2ccc3ccccc3c2)cc1. The van der Waals surface area contributed by atoms with Crippen molar-refractivity contribution in [2.45, 2.75) is 0 Å². The molecule has 0 aliphatic carbocycles. The smallest absolute Gasteiger partial charge is 0.136 e. The lowest BCUT2D eigenvalue weighted by atomic mass is 9.84. The second kappa shape index (κ2) is 15.8. The van der Waals surface area contributed by atoms with Crippen LogP contribution in [0.15, 0.2) is 259 Å². The topological polar surface area (TPSA) is 13.1 Å². The molecule has 69 heavy (non-hydrogen) atoms. The Labute approximate surface area is 399 Å². The first-order valence-electron chi connectivity index (χ1n) is 23.8. The fraction of sp³-hybridized carbons (Fsp3) is 0. The van der Waals surface area contributed by atoms with E-state index in [9.17, 15) is 0 Å². The van der Waals surface area contributed by atoms with Gasteiger partial charge in [-0.15, -0.1) is 0 Å². The molecule has 0 spiro atoms. The van der Waals surface area contributed by atoms with Gasteiger partial charge in [-0.3, -0.25) is 0 Å². The van der Waals surface area contributed by atoms with Crippen molar-refractivity contribution >= 4 is 75.8 Å². The molecule has 0 saturated carbocycles. The molecule has 0 aliphatic heterocycles. The molecule has 0 atom stereocenters. The van der Waals surface area contributed by atoms with Crippen LogP contribution in [0.5, 0.6) is 0 Å². The van der Waals surface area contributed by atoms with Gasteiger partial charge in [-0.2, -0.15) is 0 Å². The van der Waals surface area contributed by atoms with Crippen LogP contribution in [0.3, 0.4) is 0 Å². The minimum atomic E-state index is 0.868. The van der Waals surface area contributed by atoms with Crippen molar-refractivity contribution in [1.82, 2.24) is 0 Å². The predicted octanol–water partition coefficient (Wildman–Crippen LogP) is 19.4. The van der Waals surface area contributed by atoms with Crippen LogP contribution < -0.4 is 0 Å². The highest BCUT2D eigenvalue weighted by molar-refractivity contribution is 6.26. The Balaban J connectivity index is 1.00. The third kappa shape index (κ3) is 6.32. The van der Waals surface area contributed by atoms with Crippen LogP contribution >= 0.6 is 0 Å². The molecule has 14 rings (SSSR count). The molecule has 0 aliphatic rings. The summed E-state index contributed by atoms with van der Waals surface area (Å²) in [6.45, 7) is 0. The number of benzene rings is 13. The van der Waals surface area contributed by atoms with Crippen LogP contribution in [0.4, 0.5) is 0 Å². The van der Waals surface area contributed by atoms with Crippen molar-refractivity contribution in [1.29, 1.82) is 0 Å². The minimum absolute atomic E-state index is 0.868. The quantitative estimate of drug-likeness (QED) is 0.120. The zero-order valence-corrected chi connectivity index (χ0v) is 37.7. The molecule has 1 nitrogen and oxygen atoms in total.